The molecule has 37 heavy (non-hydrogen) atoms. The number of thioether (sulfide) groups is 1. The summed E-state index contributed by atoms with van der Waals surface area (Å²) in [4.78, 5) is 36.3. The number of allylic oxidation sites excluding steroid dienone is 2. The molecule has 12 heteroatoms. The number of benzene rings is 2. The Balaban J connectivity index is 1.88. The van der Waals surface area contributed by atoms with E-state index in [0.717, 1.165) is 11.8 Å². The van der Waals surface area contributed by atoms with Gasteiger partial charge in [0, 0.05) is 23.9 Å². The number of methoxy groups -OCH3 is 1. The molecule has 0 fully saturated rings. The number of amides is 1. The summed E-state index contributed by atoms with van der Waals surface area (Å²) in [7, 11) is 1.49. The van der Waals surface area contributed by atoms with E-state index in [1.807, 2.05) is 0 Å². The molecule has 192 valence electrons. The van der Waals surface area contributed by atoms with Gasteiger partial charge in [-0.2, -0.15) is 5.26 Å². The Morgan fingerprint density at radius 1 is 1.22 bits per heavy atom. The number of nitriles is 1. The first-order valence-corrected chi connectivity index (χ1v) is 12.3. The Morgan fingerprint density at radius 2 is 1.92 bits per heavy atom. The summed E-state index contributed by atoms with van der Waals surface area (Å²) in [6, 6.07) is 14.7. The van der Waals surface area contributed by atoms with Gasteiger partial charge < -0.3 is 20.1 Å². The zero-order chi connectivity index (χ0) is 26.9. The van der Waals surface area contributed by atoms with Crippen molar-refractivity contribution >= 4 is 46.6 Å². The van der Waals surface area contributed by atoms with E-state index >= 15 is 0 Å². The first-order valence-electron chi connectivity index (χ1n) is 11.0. The molecule has 0 bridgehead atoms. The van der Waals surface area contributed by atoms with Crippen molar-refractivity contribution in [1.29, 1.82) is 5.26 Å². The number of hydrogen-bond acceptors (Lipinski definition) is 9. The highest BCUT2D eigenvalue weighted by molar-refractivity contribution is 8.03. The smallest absolute Gasteiger partial charge is 0.336 e. The number of carbonyl (C=O) groups is 2. The lowest BCUT2D eigenvalue weighted by Gasteiger charge is -2.29. The fourth-order valence-electron chi connectivity index (χ4n) is 3.64. The number of rotatable bonds is 10. The van der Waals surface area contributed by atoms with Crippen LogP contribution in [0.5, 0.6) is 0 Å². The maximum absolute atomic E-state index is 13.0. The van der Waals surface area contributed by atoms with Gasteiger partial charge in [-0.05, 0) is 30.7 Å². The van der Waals surface area contributed by atoms with Crippen LogP contribution in [0.25, 0.3) is 0 Å². The molecule has 1 aliphatic heterocycles. The molecule has 1 amide bonds. The lowest BCUT2D eigenvalue weighted by Crippen LogP contribution is -2.29. The molecule has 0 unspecified atom stereocenters. The maximum Gasteiger partial charge on any atom is 0.336 e. The Kier molecular flexibility index (Phi) is 9.68. The summed E-state index contributed by atoms with van der Waals surface area (Å²) in [5.74, 6) is -2.01. The van der Waals surface area contributed by atoms with E-state index in [1.54, 1.807) is 37.3 Å². The van der Waals surface area contributed by atoms with E-state index in [0.29, 0.717) is 21.3 Å². The highest BCUT2D eigenvalue weighted by atomic mass is 35.5. The van der Waals surface area contributed by atoms with Crippen molar-refractivity contribution in [2.24, 2.45) is 0 Å². The third-order valence-corrected chi connectivity index (χ3v) is 6.58. The Bertz CT molecular complexity index is 1300. The van der Waals surface area contributed by atoms with Crippen LogP contribution in [0.15, 0.2) is 70.4 Å². The molecule has 1 aliphatic rings. The quantitative estimate of drug-likeness (QED) is 0.192. The van der Waals surface area contributed by atoms with E-state index in [-0.39, 0.29) is 41.5 Å². The van der Waals surface area contributed by atoms with E-state index in [4.69, 9.17) is 21.1 Å². The maximum atomic E-state index is 13.0. The summed E-state index contributed by atoms with van der Waals surface area (Å²) in [6.45, 7) is 1.93. The van der Waals surface area contributed by atoms with E-state index in [1.165, 1.54) is 25.3 Å². The van der Waals surface area contributed by atoms with Gasteiger partial charge in [0.1, 0.15) is 12.3 Å². The van der Waals surface area contributed by atoms with Crippen LogP contribution in [-0.4, -0.2) is 42.9 Å². The Hall–Kier alpha value is -3.85. The lowest BCUT2D eigenvalue weighted by molar-refractivity contribution is -0.383. The predicted molar refractivity (Wildman–Crippen MR) is 140 cm³/mol. The third-order valence-electron chi connectivity index (χ3n) is 5.31. The van der Waals surface area contributed by atoms with Gasteiger partial charge in [-0.25, -0.2) is 4.79 Å². The van der Waals surface area contributed by atoms with Gasteiger partial charge in [0.2, 0.25) is 5.91 Å². The monoisotopic (exact) mass is 542 g/mol. The molecule has 0 aromatic heterocycles. The fourth-order valence-corrected chi connectivity index (χ4v) is 4.66. The molecule has 0 spiro atoms. The molecular formula is C25H23ClN4O6S. The van der Waals surface area contributed by atoms with Crippen LogP contribution in [0.2, 0.25) is 5.02 Å². The molecule has 0 radical (unpaired) electrons. The zero-order valence-electron chi connectivity index (χ0n) is 19.9. The molecule has 2 N–H and O–H groups in total. The van der Waals surface area contributed by atoms with Crippen molar-refractivity contribution in [3.8, 4) is 6.07 Å². The Labute approximate surface area is 222 Å². The minimum Gasteiger partial charge on any atom is -0.460 e. The average Bonchev–Trinajstić information content (AvgIpc) is 2.87. The van der Waals surface area contributed by atoms with Gasteiger partial charge in [-0.1, -0.05) is 47.6 Å². The number of nitrogens with zero attached hydrogens (tertiary/aromatic N) is 2. The molecule has 10 nitrogen and oxygen atoms in total. The van der Waals surface area contributed by atoms with Crippen molar-refractivity contribution in [3.05, 3.63) is 91.1 Å². The van der Waals surface area contributed by atoms with Crippen LogP contribution in [0, 0.1) is 21.4 Å². The zero-order valence-corrected chi connectivity index (χ0v) is 21.5. The van der Waals surface area contributed by atoms with Gasteiger partial charge in [0.05, 0.1) is 45.4 Å². The second-order valence-electron chi connectivity index (χ2n) is 7.74. The number of dihydropyridines is 1. The molecule has 2 aromatic carbocycles. The lowest BCUT2D eigenvalue weighted by atomic mass is 9.82. The third kappa shape index (κ3) is 6.89. The first kappa shape index (κ1) is 27.7. The van der Waals surface area contributed by atoms with Crippen LogP contribution in [0.1, 0.15) is 18.4 Å². The molecule has 2 aromatic rings. The van der Waals surface area contributed by atoms with Crippen LogP contribution >= 0.6 is 23.4 Å². The van der Waals surface area contributed by atoms with E-state index in [9.17, 15) is 25.0 Å². The number of hydrogen-bond donors (Lipinski definition) is 2. The molecule has 3 rings (SSSR count). The minimum atomic E-state index is -0.765. The van der Waals surface area contributed by atoms with E-state index < -0.39 is 22.7 Å². The predicted octanol–water partition coefficient (Wildman–Crippen LogP) is 4.51. The van der Waals surface area contributed by atoms with Gasteiger partial charge in [-0.15, -0.1) is 0 Å². The number of anilines is 1. The number of nitro groups is 1. The number of halogens is 1. The number of carbonyl (C=O) groups excluding carboxylic acids is 2. The van der Waals surface area contributed by atoms with Crippen LogP contribution in [0.4, 0.5) is 11.4 Å². The average molecular weight is 543 g/mol. The number of esters is 1. The van der Waals surface area contributed by atoms with Crippen LogP contribution in [0.3, 0.4) is 0 Å². The van der Waals surface area contributed by atoms with Gasteiger partial charge in [0.25, 0.3) is 5.69 Å². The summed E-state index contributed by atoms with van der Waals surface area (Å²) in [5, 5.41) is 27.8. The summed E-state index contributed by atoms with van der Waals surface area (Å²) in [5.41, 5.74) is 1.41. The number of ether oxygens (including phenoxy) is 2. The fraction of sp³-hybridized carbons (Fsp3) is 0.240. The van der Waals surface area contributed by atoms with Crippen molar-refractivity contribution in [2.45, 2.75) is 12.8 Å². The van der Waals surface area contributed by atoms with Crippen molar-refractivity contribution < 1.29 is 24.0 Å². The highest BCUT2D eigenvalue weighted by Gasteiger charge is 2.35. The number of para-hydroxylation sites is 2. The molecular weight excluding hydrogens is 520 g/mol. The van der Waals surface area contributed by atoms with Gasteiger partial charge >= 0.3 is 5.97 Å². The summed E-state index contributed by atoms with van der Waals surface area (Å²) < 4.78 is 10.3. The van der Waals surface area contributed by atoms with E-state index in [2.05, 4.69) is 16.7 Å². The second-order valence-corrected chi connectivity index (χ2v) is 9.16. The molecule has 0 saturated carbocycles. The SMILES string of the molecule is COCCOC(=O)C1=C(C)NC(SCC(=O)Nc2ccccc2[N+](=O)[O-])=C(C#N)[C@@H]1c1ccc(Cl)cc1. The molecule has 1 heterocycles. The van der Waals surface area contributed by atoms with Crippen molar-refractivity contribution in [2.75, 3.05) is 31.4 Å². The van der Waals surface area contributed by atoms with Crippen LogP contribution < -0.4 is 10.6 Å². The second kappa shape index (κ2) is 12.9. The van der Waals surface area contributed by atoms with Crippen LogP contribution in [-0.2, 0) is 19.1 Å². The van der Waals surface area contributed by atoms with Gasteiger partial charge in [-0.3, -0.25) is 14.9 Å². The minimum absolute atomic E-state index is 0.0401. The highest BCUT2D eigenvalue weighted by Crippen LogP contribution is 2.41. The molecule has 0 saturated heterocycles. The molecule has 0 aliphatic carbocycles. The molecule has 1 atom stereocenters. The largest absolute Gasteiger partial charge is 0.460 e. The first-order chi connectivity index (χ1) is 17.8. The van der Waals surface area contributed by atoms with Crippen molar-refractivity contribution in [1.82, 2.24) is 5.32 Å². The topological polar surface area (TPSA) is 144 Å². The normalized spacial score (nSPS) is 15.0. The van der Waals surface area contributed by atoms with Crippen molar-refractivity contribution in [3.63, 3.8) is 0 Å². The Morgan fingerprint density at radius 3 is 2.57 bits per heavy atom. The number of nitro benzene ring substituents is 1. The van der Waals surface area contributed by atoms with Gasteiger partial charge in [0.15, 0.2) is 0 Å². The standard InChI is InChI=1S/C25H23ClN4O6S/c1-15-22(25(32)36-12-11-35-2)23(16-7-9-17(26)10-8-16)18(13-27)24(28-15)37-14-21(31)29-19-5-3-4-6-20(19)30(33)34/h3-10,23,28H,11-12,14H2,1-2H3,(H,29,31)/t23-/m0/s1. The number of nitrogens with one attached hydrogen (secondary N) is 2. The summed E-state index contributed by atoms with van der Waals surface area (Å²) in [6.07, 6.45) is 0. The summed E-state index contributed by atoms with van der Waals surface area (Å²) >= 11 is 7.09.